The zero-order chi connectivity index (χ0) is 37.9. The fraction of sp³-hybridized carbons (Fsp3) is 1.00. The summed E-state index contributed by atoms with van der Waals surface area (Å²) in [6.07, 6.45) is 9.44. The van der Waals surface area contributed by atoms with E-state index in [9.17, 15) is 10.2 Å². The van der Waals surface area contributed by atoms with Crippen LogP contribution in [0.15, 0.2) is 0 Å². The number of likely N-dealkylation sites (N-methyl/N-ethyl adjacent to an activating group) is 1. The smallest absolute Gasteiger partial charge is 0.170 e. The third-order valence-electron chi connectivity index (χ3n) is 17.1. The molecule has 6 rings (SSSR count). The monoisotopic (exact) mass is 735 g/mol. The molecule has 1 aliphatic heterocycles. The van der Waals surface area contributed by atoms with E-state index in [0.717, 1.165) is 65.2 Å². The molecule has 0 aromatic heterocycles. The Morgan fingerprint density at radius 2 is 1.71 bits per heavy atom. The zero-order valence-electron chi connectivity index (χ0n) is 35.0. The lowest BCUT2D eigenvalue weighted by Gasteiger charge is -2.64. The summed E-state index contributed by atoms with van der Waals surface area (Å²) in [6, 6.07) is 0. The van der Waals surface area contributed by atoms with E-state index >= 15 is 0 Å². The van der Waals surface area contributed by atoms with Gasteiger partial charge in [-0.3, -0.25) is 4.90 Å². The molecular formula is C43H78N2O7. The number of hydrogen-bond donors (Lipinski definition) is 2. The quantitative estimate of drug-likeness (QED) is 0.191. The number of nitrogens with zero attached hydrogens (tertiary/aromatic N) is 2. The Morgan fingerprint density at radius 3 is 2.38 bits per heavy atom. The molecule has 2 N–H and O–H groups in total. The maximum Gasteiger partial charge on any atom is 0.170 e. The summed E-state index contributed by atoms with van der Waals surface area (Å²) in [5.74, 6) is 1.94. The van der Waals surface area contributed by atoms with Gasteiger partial charge in [-0.15, -0.1) is 0 Å². The third kappa shape index (κ3) is 6.78. The molecule has 0 aromatic rings. The van der Waals surface area contributed by atoms with Crippen molar-refractivity contribution in [2.24, 2.45) is 50.7 Å². The van der Waals surface area contributed by atoms with Crippen LogP contribution in [0, 0.1) is 50.7 Å². The first-order chi connectivity index (χ1) is 24.4. The molecule has 1 heterocycles. The molecule has 6 fully saturated rings. The van der Waals surface area contributed by atoms with Crippen LogP contribution in [0.2, 0.25) is 0 Å². The number of aliphatic hydroxyl groups excluding tert-OH is 1. The van der Waals surface area contributed by atoms with Crippen LogP contribution in [0.4, 0.5) is 0 Å². The number of morpholine rings is 1. The summed E-state index contributed by atoms with van der Waals surface area (Å²) in [5.41, 5.74) is -0.246. The number of methoxy groups -OCH3 is 2. The van der Waals surface area contributed by atoms with Gasteiger partial charge in [-0.25, -0.2) is 0 Å². The predicted octanol–water partition coefficient (Wildman–Crippen LogP) is 6.24. The van der Waals surface area contributed by atoms with E-state index in [4.69, 9.17) is 23.7 Å². The molecule has 0 amide bonds. The molecule has 0 bridgehead atoms. The van der Waals surface area contributed by atoms with Gasteiger partial charge in [0, 0.05) is 59.0 Å². The predicted molar refractivity (Wildman–Crippen MR) is 205 cm³/mol. The van der Waals surface area contributed by atoms with E-state index in [2.05, 4.69) is 51.5 Å². The Bertz CT molecular complexity index is 1210. The Morgan fingerprint density at radius 1 is 1.00 bits per heavy atom. The number of hydrogen-bond acceptors (Lipinski definition) is 9. The number of rotatable bonds is 16. The highest BCUT2D eigenvalue weighted by Crippen LogP contribution is 2.89. The highest BCUT2D eigenvalue weighted by molar-refractivity contribution is 5.31. The number of ether oxygens (including phenoxy) is 5. The van der Waals surface area contributed by atoms with Crippen LogP contribution in [-0.4, -0.2) is 130 Å². The lowest BCUT2D eigenvalue weighted by atomic mass is 9.41. The van der Waals surface area contributed by atoms with E-state index in [1.165, 1.54) is 38.5 Å². The van der Waals surface area contributed by atoms with Crippen molar-refractivity contribution in [1.29, 1.82) is 0 Å². The van der Waals surface area contributed by atoms with E-state index in [-0.39, 0.29) is 40.8 Å². The first-order valence-electron chi connectivity index (χ1n) is 21.2. The normalized spacial score (nSPS) is 43.3. The molecule has 52 heavy (non-hydrogen) atoms. The highest BCUT2D eigenvalue weighted by Gasteiger charge is 2.83. The first kappa shape index (κ1) is 41.3. The van der Waals surface area contributed by atoms with Crippen molar-refractivity contribution in [2.75, 3.05) is 73.8 Å². The first-order valence-corrected chi connectivity index (χ1v) is 21.2. The van der Waals surface area contributed by atoms with Gasteiger partial charge in [-0.1, -0.05) is 34.6 Å². The average Bonchev–Trinajstić information content (AvgIpc) is 3.71. The molecule has 1 saturated heterocycles. The molecule has 0 aromatic carbocycles. The standard InChI is InChI=1S/C43H78N2O7/c1-12-50-37(39(5,6)47)31(49-11)25-29(2)30-26-34(46)41(8)33-14-13-32-38(3,4)35(15-16-42(32)28-43(33,42)18-17-40(30,41)7)52-36-27-45(22-24-51-36)20-19-44(9)21-23-48-10/h29-37,46-47H,12-28H2,1-11H3/t29-,30-,31?,32+,33?,34+,35+,36+,37+,40-,41-,42-,43+/m1/s1. The van der Waals surface area contributed by atoms with Gasteiger partial charge in [-0.05, 0) is 131 Å². The van der Waals surface area contributed by atoms with Crippen molar-refractivity contribution in [3.63, 3.8) is 0 Å². The molecular weight excluding hydrogens is 656 g/mol. The van der Waals surface area contributed by atoms with Gasteiger partial charge < -0.3 is 38.8 Å². The molecule has 13 atom stereocenters. The Labute approximate surface area is 317 Å². The van der Waals surface area contributed by atoms with Gasteiger partial charge in [0.05, 0.1) is 37.1 Å². The molecule has 5 aliphatic carbocycles. The SMILES string of the molecule is CCO[C@@H](C(C[C@@H](C)[C@H]1C[C@H](O)[C@@]2(C)C3CC[C@H]4C(C)(C)[C@@H](O[C@H]5CN(CCN(C)CCOC)CCO5)CC[C@@]45C[C@@]35CC[C@]12C)OC)C(C)(C)O. The summed E-state index contributed by atoms with van der Waals surface area (Å²) in [7, 11) is 5.69. The summed E-state index contributed by atoms with van der Waals surface area (Å²) in [6.45, 7) is 24.9. The van der Waals surface area contributed by atoms with E-state index in [0.29, 0.717) is 41.1 Å². The Kier molecular flexibility index (Phi) is 12.1. The number of fused-ring (bicyclic) bond motifs is 2. The van der Waals surface area contributed by atoms with Crippen molar-refractivity contribution >= 4 is 0 Å². The fourth-order valence-corrected chi connectivity index (χ4v) is 14.1. The molecule has 2 spiro atoms. The topological polar surface area (TPSA) is 93.1 Å². The van der Waals surface area contributed by atoms with Gasteiger partial charge >= 0.3 is 0 Å². The summed E-state index contributed by atoms with van der Waals surface area (Å²) in [5, 5.41) is 23.3. The maximum absolute atomic E-state index is 12.3. The number of aliphatic hydroxyl groups is 2. The van der Waals surface area contributed by atoms with Gasteiger partial charge in [0.1, 0.15) is 6.10 Å². The van der Waals surface area contributed by atoms with Crippen LogP contribution in [0.25, 0.3) is 0 Å². The Hall–Kier alpha value is -0.360. The maximum atomic E-state index is 12.3. The van der Waals surface area contributed by atoms with Gasteiger partial charge in [0.15, 0.2) is 6.29 Å². The van der Waals surface area contributed by atoms with E-state index in [1.807, 2.05) is 20.8 Å². The van der Waals surface area contributed by atoms with Crippen molar-refractivity contribution in [3.8, 4) is 0 Å². The van der Waals surface area contributed by atoms with Gasteiger partial charge in [0.2, 0.25) is 0 Å². The van der Waals surface area contributed by atoms with E-state index < -0.39 is 11.7 Å². The highest BCUT2D eigenvalue weighted by atomic mass is 16.7. The second-order valence-corrected chi connectivity index (χ2v) is 20.1. The van der Waals surface area contributed by atoms with Crippen LogP contribution < -0.4 is 0 Å². The molecule has 0 radical (unpaired) electrons. The van der Waals surface area contributed by atoms with Crippen molar-refractivity contribution in [2.45, 2.75) is 149 Å². The van der Waals surface area contributed by atoms with Crippen molar-refractivity contribution in [3.05, 3.63) is 0 Å². The van der Waals surface area contributed by atoms with Crippen LogP contribution in [0.3, 0.4) is 0 Å². The molecule has 2 unspecified atom stereocenters. The Balaban J connectivity index is 1.13. The van der Waals surface area contributed by atoms with E-state index in [1.54, 1.807) is 14.2 Å². The zero-order valence-corrected chi connectivity index (χ0v) is 35.0. The van der Waals surface area contributed by atoms with Crippen LogP contribution in [0.5, 0.6) is 0 Å². The van der Waals surface area contributed by atoms with Crippen molar-refractivity contribution in [1.82, 2.24) is 9.80 Å². The minimum Gasteiger partial charge on any atom is -0.393 e. The summed E-state index contributed by atoms with van der Waals surface area (Å²) >= 11 is 0. The molecule has 6 aliphatic rings. The minimum absolute atomic E-state index is 0.0606. The summed E-state index contributed by atoms with van der Waals surface area (Å²) in [4.78, 5) is 4.85. The second kappa shape index (κ2) is 15.2. The third-order valence-corrected chi connectivity index (χ3v) is 17.1. The molecule has 302 valence electrons. The summed E-state index contributed by atoms with van der Waals surface area (Å²) < 4.78 is 30.6. The van der Waals surface area contributed by atoms with Crippen LogP contribution >= 0.6 is 0 Å². The molecule has 5 saturated carbocycles. The van der Waals surface area contributed by atoms with Gasteiger partial charge in [-0.2, -0.15) is 0 Å². The van der Waals surface area contributed by atoms with Crippen LogP contribution in [0.1, 0.15) is 113 Å². The lowest BCUT2D eigenvalue weighted by Crippen LogP contribution is -2.60. The molecule has 9 nitrogen and oxygen atoms in total. The second-order valence-electron chi connectivity index (χ2n) is 20.1. The van der Waals surface area contributed by atoms with Crippen LogP contribution in [-0.2, 0) is 23.7 Å². The van der Waals surface area contributed by atoms with Crippen molar-refractivity contribution < 1.29 is 33.9 Å². The fourth-order valence-electron chi connectivity index (χ4n) is 14.1. The largest absolute Gasteiger partial charge is 0.393 e. The minimum atomic E-state index is -0.997. The van der Waals surface area contributed by atoms with Gasteiger partial charge in [0.25, 0.3) is 0 Å². The lowest BCUT2D eigenvalue weighted by molar-refractivity contribution is -0.249. The molecule has 9 heteroatoms. The average molecular weight is 735 g/mol.